The third kappa shape index (κ3) is 6.04. The maximum Gasteiger partial charge on any atom is 0.328 e. The Morgan fingerprint density at radius 1 is 1.33 bits per heavy atom. The van der Waals surface area contributed by atoms with E-state index in [1.54, 1.807) is 0 Å². The minimum Gasteiger partial charge on any atom is -0.480 e. The van der Waals surface area contributed by atoms with Crippen molar-refractivity contribution in [2.75, 3.05) is 34.4 Å². The highest BCUT2D eigenvalue weighted by Crippen LogP contribution is 1.93. The number of carboxylic acids is 1. The lowest BCUT2D eigenvalue weighted by molar-refractivity contribution is -0.141. The van der Waals surface area contributed by atoms with Crippen LogP contribution in [0.25, 0.3) is 0 Å². The topological polar surface area (TPSA) is 105 Å². The summed E-state index contributed by atoms with van der Waals surface area (Å²) in [4.78, 5) is 34.4. The van der Waals surface area contributed by atoms with Crippen molar-refractivity contribution in [3.8, 4) is 0 Å². The molecule has 2 N–H and O–H groups in total. The van der Waals surface area contributed by atoms with Crippen LogP contribution in [0.3, 0.4) is 0 Å². The number of carboxylic acid groups (broad SMARTS) is 1. The van der Waals surface area contributed by atoms with Gasteiger partial charge < -0.3 is 24.8 Å². The lowest BCUT2D eigenvalue weighted by Gasteiger charge is -2.20. The molecule has 8 nitrogen and oxygen atoms in total. The predicted molar refractivity (Wildman–Crippen MR) is 61.1 cm³/mol. The highest BCUT2D eigenvalue weighted by molar-refractivity contribution is 5.82. The van der Waals surface area contributed by atoms with Crippen molar-refractivity contribution >= 4 is 18.0 Å². The Morgan fingerprint density at radius 3 is 2.39 bits per heavy atom. The van der Waals surface area contributed by atoms with Crippen LogP contribution in [-0.2, 0) is 19.1 Å². The third-order valence-electron chi connectivity index (χ3n) is 2.15. The molecule has 8 heteroatoms. The molecule has 0 heterocycles. The van der Waals surface area contributed by atoms with Crippen molar-refractivity contribution in [2.45, 2.75) is 12.5 Å². The average Bonchev–Trinajstić information content (AvgIpc) is 2.34. The monoisotopic (exact) mass is 262 g/mol. The molecule has 1 atom stereocenters. The fraction of sp³-hybridized carbons (Fsp3) is 0.700. The molecule has 0 aromatic heterocycles. The molecule has 18 heavy (non-hydrogen) atoms. The zero-order valence-electron chi connectivity index (χ0n) is 10.6. The van der Waals surface area contributed by atoms with Crippen LogP contribution in [0, 0.1) is 0 Å². The number of nitrogens with zero attached hydrogens (tertiary/aromatic N) is 1. The highest BCUT2D eigenvalue weighted by atomic mass is 16.5. The number of rotatable bonds is 7. The second-order valence-electron chi connectivity index (χ2n) is 3.54. The van der Waals surface area contributed by atoms with Crippen LogP contribution in [0.15, 0.2) is 0 Å². The van der Waals surface area contributed by atoms with Gasteiger partial charge in [-0.15, -0.1) is 0 Å². The Morgan fingerprint density at radius 2 is 1.94 bits per heavy atom. The van der Waals surface area contributed by atoms with Gasteiger partial charge in [-0.05, 0) is 0 Å². The van der Waals surface area contributed by atoms with E-state index in [4.69, 9.17) is 5.11 Å². The van der Waals surface area contributed by atoms with E-state index in [0.29, 0.717) is 0 Å². The number of ether oxygens (including phenoxy) is 2. The van der Waals surface area contributed by atoms with E-state index in [9.17, 15) is 14.4 Å². The van der Waals surface area contributed by atoms with Crippen LogP contribution in [0.5, 0.6) is 0 Å². The van der Waals surface area contributed by atoms with Crippen molar-refractivity contribution in [1.29, 1.82) is 0 Å². The van der Waals surface area contributed by atoms with Crippen LogP contribution in [0.4, 0.5) is 4.79 Å². The Bertz CT molecular complexity index is 307. The minimum atomic E-state index is -1.19. The maximum atomic E-state index is 11.6. The SMILES string of the molecule is COCC(NC(=O)N(C)CCC(=O)OC)C(=O)O. The van der Waals surface area contributed by atoms with Crippen molar-refractivity contribution in [2.24, 2.45) is 0 Å². The lowest BCUT2D eigenvalue weighted by atomic mass is 10.3. The molecule has 1 unspecified atom stereocenters. The van der Waals surface area contributed by atoms with Crippen LogP contribution >= 0.6 is 0 Å². The summed E-state index contributed by atoms with van der Waals surface area (Å²) < 4.78 is 9.10. The smallest absolute Gasteiger partial charge is 0.328 e. The minimum absolute atomic E-state index is 0.0441. The van der Waals surface area contributed by atoms with E-state index in [1.807, 2.05) is 0 Å². The van der Waals surface area contributed by atoms with Crippen LogP contribution in [0.2, 0.25) is 0 Å². The lowest BCUT2D eigenvalue weighted by Crippen LogP contribution is -2.49. The largest absolute Gasteiger partial charge is 0.480 e. The molecule has 0 bridgehead atoms. The Balaban J connectivity index is 4.20. The number of esters is 1. The van der Waals surface area contributed by atoms with E-state index in [-0.39, 0.29) is 19.6 Å². The molecule has 0 aliphatic heterocycles. The number of urea groups is 1. The summed E-state index contributed by atoms with van der Waals surface area (Å²) >= 11 is 0. The molecular formula is C10H18N2O6. The van der Waals surface area contributed by atoms with Crippen molar-refractivity contribution in [1.82, 2.24) is 10.2 Å². The predicted octanol–water partition coefficient (Wildman–Crippen LogP) is -0.709. The second kappa shape index (κ2) is 8.29. The van der Waals surface area contributed by atoms with Gasteiger partial charge in [-0.25, -0.2) is 9.59 Å². The molecule has 0 aliphatic rings. The number of nitrogens with one attached hydrogen (secondary N) is 1. The van der Waals surface area contributed by atoms with E-state index in [2.05, 4.69) is 14.8 Å². The maximum absolute atomic E-state index is 11.6. The Kier molecular flexibility index (Phi) is 7.45. The molecular weight excluding hydrogens is 244 g/mol. The number of methoxy groups -OCH3 is 2. The molecule has 0 saturated carbocycles. The first-order chi connectivity index (χ1) is 8.42. The first-order valence-electron chi connectivity index (χ1n) is 5.22. The summed E-state index contributed by atoms with van der Waals surface area (Å²) in [6.45, 7) is 0.00371. The average molecular weight is 262 g/mol. The molecule has 0 aromatic carbocycles. The zero-order valence-corrected chi connectivity index (χ0v) is 10.6. The quantitative estimate of drug-likeness (QED) is 0.587. The zero-order chi connectivity index (χ0) is 14.1. The molecule has 104 valence electrons. The first-order valence-corrected chi connectivity index (χ1v) is 5.22. The molecule has 2 amide bonds. The van der Waals surface area contributed by atoms with E-state index >= 15 is 0 Å². The molecule has 0 aromatic rings. The summed E-state index contributed by atoms with van der Waals surface area (Å²) in [5.41, 5.74) is 0. The van der Waals surface area contributed by atoms with Crippen molar-refractivity contribution in [3.63, 3.8) is 0 Å². The number of carbonyl (C=O) groups excluding carboxylic acids is 2. The molecule has 0 aliphatic carbocycles. The van der Waals surface area contributed by atoms with Crippen LogP contribution in [-0.4, -0.2) is 68.4 Å². The summed E-state index contributed by atoms with van der Waals surface area (Å²) in [5, 5.41) is 11.1. The molecule has 0 rings (SSSR count). The Labute approximate surface area is 105 Å². The number of hydrogen-bond donors (Lipinski definition) is 2. The molecule has 0 radical (unpaired) electrons. The fourth-order valence-corrected chi connectivity index (χ4v) is 1.06. The summed E-state index contributed by atoms with van der Waals surface area (Å²) in [5.74, 6) is -1.63. The normalized spacial score (nSPS) is 11.5. The molecule has 0 fully saturated rings. The van der Waals surface area contributed by atoms with Gasteiger partial charge in [0.1, 0.15) is 0 Å². The number of aliphatic carboxylic acids is 1. The fourth-order valence-electron chi connectivity index (χ4n) is 1.06. The van der Waals surface area contributed by atoms with Gasteiger partial charge in [0.2, 0.25) is 0 Å². The second-order valence-corrected chi connectivity index (χ2v) is 3.54. The van der Waals surface area contributed by atoms with Gasteiger partial charge in [-0.3, -0.25) is 4.79 Å². The van der Waals surface area contributed by atoms with Gasteiger partial charge in [0.15, 0.2) is 6.04 Å². The van der Waals surface area contributed by atoms with E-state index < -0.39 is 24.0 Å². The summed E-state index contributed by atoms with van der Waals surface area (Å²) in [7, 11) is 4.04. The number of amides is 2. The third-order valence-corrected chi connectivity index (χ3v) is 2.15. The van der Waals surface area contributed by atoms with Crippen LogP contribution < -0.4 is 5.32 Å². The van der Waals surface area contributed by atoms with Gasteiger partial charge >= 0.3 is 18.0 Å². The van der Waals surface area contributed by atoms with Gasteiger partial charge in [-0.1, -0.05) is 0 Å². The van der Waals surface area contributed by atoms with E-state index in [0.717, 1.165) is 0 Å². The van der Waals surface area contributed by atoms with Gasteiger partial charge in [0.25, 0.3) is 0 Å². The van der Waals surface area contributed by atoms with Crippen LogP contribution in [0.1, 0.15) is 6.42 Å². The van der Waals surface area contributed by atoms with Gasteiger partial charge in [0.05, 0.1) is 20.1 Å². The van der Waals surface area contributed by atoms with Crippen molar-refractivity contribution < 1.29 is 29.0 Å². The van der Waals surface area contributed by atoms with Gasteiger partial charge in [0, 0.05) is 20.7 Å². The highest BCUT2D eigenvalue weighted by Gasteiger charge is 2.21. The molecule has 0 spiro atoms. The standard InChI is InChI=1S/C10H18N2O6/c1-12(5-4-8(13)18-3)10(16)11-7(6-17-2)9(14)15/h7H,4-6H2,1-3H3,(H,11,16)(H,14,15). The van der Waals surface area contributed by atoms with Crippen molar-refractivity contribution in [3.05, 3.63) is 0 Å². The number of carbonyl (C=O) groups is 3. The summed E-state index contributed by atoms with van der Waals surface area (Å²) in [6, 6.07) is -1.72. The van der Waals surface area contributed by atoms with Gasteiger partial charge in [-0.2, -0.15) is 0 Å². The first kappa shape index (κ1) is 16.2. The summed E-state index contributed by atoms with van der Waals surface area (Å²) in [6.07, 6.45) is 0.0441. The molecule has 0 saturated heterocycles. The Hall–Kier alpha value is -1.83. The number of hydrogen-bond acceptors (Lipinski definition) is 5. The van der Waals surface area contributed by atoms with E-state index in [1.165, 1.54) is 26.2 Å².